The number of carbonyl (C=O) groups is 2. The van der Waals surface area contributed by atoms with Crippen molar-refractivity contribution in [2.45, 2.75) is 25.4 Å². The SMILES string of the molecule is COC(=O)c1cc(CNC(=O)N[C@@H](c2ccccc2)C2CC2)ccc1OC. The Morgan fingerprint density at radius 2 is 1.85 bits per heavy atom. The van der Waals surface area contributed by atoms with E-state index in [1.807, 2.05) is 30.3 Å². The lowest BCUT2D eigenvalue weighted by Crippen LogP contribution is -2.38. The van der Waals surface area contributed by atoms with Crippen LogP contribution < -0.4 is 15.4 Å². The molecule has 2 aromatic carbocycles. The van der Waals surface area contributed by atoms with Crippen LogP contribution in [0.2, 0.25) is 0 Å². The molecule has 142 valence electrons. The van der Waals surface area contributed by atoms with Crippen molar-refractivity contribution in [3.63, 3.8) is 0 Å². The normalized spacial score (nSPS) is 14.1. The maximum absolute atomic E-state index is 12.4. The van der Waals surface area contributed by atoms with E-state index in [1.54, 1.807) is 18.2 Å². The standard InChI is InChI=1S/C21H24N2O4/c1-26-18-11-8-14(12-17(18)20(24)27-2)13-22-21(25)23-19(16-9-10-16)15-6-4-3-5-7-15/h3-8,11-12,16,19H,9-10,13H2,1-2H3,(H2,22,23,25)/t19-/m0/s1. The van der Waals surface area contributed by atoms with Crippen molar-refractivity contribution < 1.29 is 19.1 Å². The fourth-order valence-electron chi connectivity index (χ4n) is 3.07. The van der Waals surface area contributed by atoms with Crippen molar-refractivity contribution in [3.05, 3.63) is 65.2 Å². The molecule has 0 radical (unpaired) electrons. The topological polar surface area (TPSA) is 76.7 Å². The summed E-state index contributed by atoms with van der Waals surface area (Å²) in [6.07, 6.45) is 2.25. The fourth-order valence-corrected chi connectivity index (χ4v) is 3.07. The average Bonchev–Trinajstić information content (AvgIpc) is 3.55. The van der Waals surface area contributed by atoms with Crippen molar-refractivity contribution in [2.24, 2.45) is 5.92 Å². The number of rotatable bonds is 7. The first-order valence-corrected chi connectivity index (χ1v) is 8.97. The number of nitrogens with one attached hydrogen (secondary N) is 2. The van der Waals surface area contributed by atoms with Crippen LogP contribution >= 0.6 is 0 Å². The van der Waals surface area contributed by atoms with Gasteiger partial charge >= 0.3 is 12.0 Å². The third-order valence-corrected chi connectivity index (χ3v) is 4.66. The molecule has 0 aliphatic heterocycles. The minimum Gasteiger partial charge on any atom is -0.496 e. The number of esters is 1. The number of benzene rings is 2. The van der Waals surface area contributed by atoms with Gasteiger partial charge in [-0.1, -0.05) is 36.4 Å². The molecule has 2 N–H and O–H groups in total. The second kappa shape index (κ2) is 8.58. The number of urea groups is 1. The van der Waals surface area contributed by atoms with Gasteiger partial charge in [0.25, 0.3) is 0 Å². The Morgan fingerprint density at radius 3 is 2.48 bits per heavy atom. The predicted octanol–water partition coefficient (Wildman–Crippen LogP) is 3.43. The van der Waals surface area contributed by atoms with Crippen LogP contribution in [0.3, 0.4) is 0 Å². The number of amides is 2. The molecule has 0 bridgehead atoms. The van der Waals surface area contributed by atoms with Gasteiger partial charge in [-0.2, -0.15) is 0 Å². The molecule has 0 spiro atoms. The van der Waals surface area contributed by atoms with Crippen molar-refractivity contribution in [1.82, 2.24) is 10.6 Å². The maximum atomic E-state index is 12.4. The molecule has 27 heavy (non-hydrogen) atoms. The molecule has 2 amide bonds. The van der Waals surface area contributed by atoms with Gasteiger partial charge < -0.3 is 20.1 Å². The van der Waals surface area contributed by atoms with E-state index >= 15 is 0 Å². The molecule has 6 heteroatoms. The largest absolute Gasteiger partial charge is 0.496 e. The van der Waals surface area contributed by atoms with E-state index in [9.17, 15) is 9.59 Å². The first-order valence-electron chi connectivity index (χ1n) is 8.97. The number of hydrogen-bond acceptors (Lipinski definition) is 4. The Labute approximate surface area is 158 Å². The lowest BCUT2D eigenvalue weighted by atomic mass is 10.0. The summed E-state index contributed by atoms with van der Waals surface area (Å²) in [5.41, 5.74) is 2.24. The van der Waals surface area contributed by atoms with E-state index in [1.165, 1.54) is 14.2 Å². The Hall–Kier alpha value is -3.02. The third kappa shape index (κ3) is 4.78. The zero-order chi connectivity index (χ0) is 19.2. The molecule has 1 saturated carbocycles. The number of methoxy groups -OCH3 is 2. The summed E-state index contributed by atoms with van der Waals surface area (Å²) >= 11 is 0. The van der Waals surface area contributed by atoms with Crippen molar-refractivity contribution in [2.75, 3.05) is 14.2 Å². The molecule has 0 heterocycles. The summed E-state index contributed by atoms with van der Waals surface area (Å²) in [5, 5.41) is 5.93. The summed E-state index contributed by atoms with van der Waals surface area (Å²) in [6, 6.07) is 15.0. The van der Waals surface area contributed by atoms with Crippen LogP contribution in [0.1, 0.15) is 40.4 Å². The monoisotopic (exact) mass is 368 g/mol. The number of carbonyl (C=O) groups excluding carboxylic acids is 2. The van der Waals surface area contributed by atoms with Gasteiger partial charge in [-0.3, -0.25) is 0 Å². The highest BCUT2D eigenvalue weighted by Crippen LogP contribution is 2.40. The zero-order valence-corrected chi connectivity index (χ0v) is 15.5. The summed E-state index contributed by atoms with van der Waals surface area (Å²) < 4.78 is 9.96. The summed E-state index contributed by atoms with van der Waals surface area (Å²) in [7, 11) is 2.82. The minimum atomic E-state index is -0.476. The summed E-state index contributed by atoms with van der Waals surface area (Å²) in [6.45, 7) is 0.298. The van der Waals surface area contributed by atoms with Gasteiger partial charge in [0.05, 0.1) is 20.3 Å². The molecular formula is C21H24N2O4. The predicted molar refractivity (Wildman–Crippen MR) is 102 cm³/mol. The second-order valence-electron chi connectivity index (χ2n) is 6.58. The maximum Gasteiger partial charge on any atom is 0.341 e. The number of hydrogen-bond donors (Lipinski definition) is 2. The van der Waals surface area contributed by atoms with Gasteiger partial charge in [0.15, 0.2) is 0 Å². The van der Waals surface area contributed by atoms with Gasteiger partial charge in [0.1, 0.15) is 11.3 Å². The van der Waals surface area contributed by atoms with Crippen LogP contribution in [0.15, 0.2) is 48.5 Å². The zero-order valence-electron chi connectivity index (χ0n) is 15.5. The molecule has 1 aliphatic carbocycles. The van der Waals surface area contributed by atoms with Crippen molar-refractivity contribution in [3.8, 4) is 5.75 Å². The van der Waals surface area contributed by atoms with Gasteiger partial charge in [0.2, 0.25) is 0 Å². The molecule has 0 aromatic heterocycles. The highest BCUT2D eigenvalue weighted by Gasteiger charge is 2.33. The van der Waals surface area contributed by atoms with E-state index < -0.39 is 5.97 Å². The minimum absolute atomic E-state index is 0.0210. The van der Waals surface area contributed by atoms with Crippen LogP contribution in [-0.4, -0.2) is 26.2 Å². The highest BCUT2D eigenvalue weighted by atomic mass is 16.5. The van der Waals surface area contributed by atoms with Gasteiger partial charge in [-0.25, -0.2) is 9.59 Å². The first-order chi connectivity index (χ1) is 13.1. The molecule has 0 unspecified atom stereocenters. The summed E-state index contributed by atoms with van der Waals surface area (Å²) in [5.74, 6) is 0.453. The Morgan fingerprint density at radius 1 is 1.11 bits per heavy atom. The molecular weight excluding hydrogens is 344 g/mol. The molecule has 2 aromatic rings. The molecule has 1 fully saturated rings. The molecule has 6 nitrogen and oxygen atoms in total. The fraction of sp³-hybridized carbons (Fsp3) is 0.333. The highest BCUT2D eigenvalue weighted by molar-refractivity contribution is 5.92. The van der Waals surface area contributed by atoms with Gasteiger partial charge in [-0.15, -0.1) is 0 Å². The van der Waals surface area contributed by atoms with Crippen molar-refractivity contribution in [1.29, 1.82) is 0 Å². The van der Waals surface area contributed by atoms with Gasteiger partial charge in [0, 0.05) is 6.54 Å². The summed E-state index contributed by atoms with van der Waals surface area (Å²) in [4.78, 5) is 24.3. The average molecular weight is 368 g/mol. The van der Waals surface area contributed by atoms with E-state index in [0.29, 0.717) is 23.8 Å². The third-order valence-electron chi connectivity index (χ3n) is 4.66. The van der Waals surface area contributed by atoms with Crippen LogP contribution in [-0.2, 0) is 11.3 Å². The van der Waals surface area contributed by atoms with Crippen LogP contribution in [0.5, 0.6) is 5.75 Å². The lowest BCUT2D eigenvalue weighted by molar-refractivity contribution is 0.0597. The Balaban J connectivity index is 1.62. The van der Waals surface area contributed by atoms with E-state index in [4.69, 9.17) is 9.47 Å². The molecule has 0 saturated heterocycles. The Bertz CT molecular complexity index is 803. The Kier molecular flexibility index (Phi) is 5.96. The van der Waals surface area contributed by atoms with E-state index in [2.05, 4.69) is 10.6 Å². The van der Waals surface area contributed by atoms with Crippen LogP contribution in [0.25, 0.3) is 0 Å². The van der Waals surface area contributed by atoms with E-state index in [-0.39, 0.29) is 12.1 Å². The number of ether oxygens (including phenoxy) is 2. The molecule has 1 aliphatic rings. The van der Waals surface area contributed by atoms with Crippen LogP contribution in [0, 0.1) is 5.92 Å². The van der Waals surface area contributed by atoms with Gasteiger partial charge in [-0.05, 0) is 42.0 Å². The quantitative estimate of drug-likeness (QED) is 0.734. The lowest BCUT2D eigenvalue weighted by Gasteiger charge is -2.19. The molecule has 1 atom stereocenters. The second-order valence-corrected chi connectivity index (χ2v) is 6.58. The van der Waals surface area contributed by atoms with Crippen molar-refractivity contribution >= 4 is 12.0 Å². The smallest absolute Gasteiger partial charge is 0.341 e. The van der Waals surface area contributed by atoms with E-state index in [0.717, 1.165) is 24.0 Å². The molecule has 3 rings (SSSR count). The van der Waals surface area contributed by atoms with Crippen LogP contribution in [0.4, 0.5) is 4.79 Å². The first kappa shape index (κ1) is 18.8.